The largest absolute Gasteiger partial charge is 0.456 e. The molecule has 270 valence electrons. The van der Waals surface area contributed by atoms with Gasteiger partial charge in [-0.05, 0) is 85.7 Å². The Labute approximate surface area is 300 Å². The molecular formula is C42H57N2O5S+. The van der Waals surface area contributed by atoms with E-state index in [9.17, 15) is 17.8 Å². The number of nitrogens with zero attached hydrogens (tertiary/aromatic N) is 2. The summed E-state index contributed by atoms with van der Waals surface area (Å²) in [5.41, 5.74) is 4.24. The maximum atomic E-state index is 12.4. The van der Waals surface area contributed by atoms with Crippen LogP contribution in [0.1, 0.15) is 112 Å². The lowest BCUT2D eigenvalue weighted by Gasteiger charge is -2.27. The Hall–Kier alpha value is -3.75. The molecule has 0 aromatic heterocycles. The molecule has 50 heavy (non-hydrogen) atoms. The minimum Gasteiger partial charge on any atom is -0.456 e. The molecule has 0 unspecified atom stereocenters. The highest BCUT2D eigenvalue weighted by Gasteiger charge is 2.40. The van der Waals surface area contributed by atoms with Crippen LogP contribution in [0.2, 0.25) is 0 Å². The van der Waals surface area contributed by atoms with Gasteiger partial charge in [-0.15, -0.1) is 0 Å². The van der Waals surface area contributed by atoms with Gasteiger partial charge in [0.1, 0.15) is 30.4 Å². The lowest BCUT2D eigenvalue weighted by Crippen LogP contribution is -2.29. The predicted octanol–water partition coefficient (Wildman–Crippen LogP) is 9.17. The quantitative estimate of drug-likeness (QED) is 0.0877. The minimum atomic E-state index is -4.35. The van der Waals surface area contributed by atoms with Gasteiger partial charge in [0.05, 0.1) is 11.0 Å². The van der Waals surface area contributed by atoms with Crippen LogP contribution >= 0.6 is 0 Å². The van der Waals surface area contributed by atoms with E-state index in [2.05, 4.69) is 88.3 Å². The fourth-order valence-electron chi connectivity index (χ4n) is 6.71. The van der Waals surface area contributed by atoms with E-state index in [-0.39, 0.29) is 21.5 Å². The maximum absolute atomic E-state index is 12.4. The molecule has 7 nitrogen and oxygen atoms in total. The second-order valence-electron chi connectivity index (χ2n) is 15.9. The summed E-state index contributed by atoms with van der Waals surface area (Å²) < 4.78 is 42.6. The summed E-state index contributed by atoms with van der Waals surface area (Å²) in [6.07, 6.45) is 13.2. The Bertz CT molecular complexity index is 1940. The van der Waals surface area contributed by atoms with Crippen LogP contribution in [0.25, 0.3) is 17.4 Å². The number of unbranched alkanes of at least 4 members (excludes halogenated alkanes) is 2. The molecule has 0 fully saturated rings. The molecule has 0 bridgehead atoms. The summed E-state index contributed by atoms with van der Waals surface area (Å²) in [4.78, 5) is 14.6. The van der Waals surface area contributed by atoms with Crippen molar-refractivity contribution in [3.8, 4) is 11.3 Å². The van der Waals surface area contributed by atoms with Crippen LogP contribution in [0.4, 0.5) is 5.69 Å². The molecule has 2 aliphatic heterocycles. The molecule has 0 saturated carbocycles. The first kappa shape index (κ1) is 39.0. The third kappa shape index (κ3) is 8.93. The number of hydrogen-bond donors (Lipinski definition) is 1. The van der Waals surface area contributed by atoms with E-state index in [4.69, 9.17) is 4.42 Å². The van der Waals surface area contributed by atoms with Crippen molar-refractivity contribution in [2.45, 2.75) is 111 Å². The number of hydrogen-bond acceptors (Lipinski definition) is 5. The molecule has 3 aliphatic rings. The second kappa shape index (κ2) is 15.2. The van der Waals surface area contributed by atoms with Crippen molar-refractivity contribution in [1.29, 1.82) is 0 Å². The molecule has 0 spiro atoms. The average Bonchev–Trinajstić information content (AvgIpc) is 3.24. The van der Waals surface area contributed by atoms with Gasteiger partial charge in [-0.1, -0.05) is 80.0 Å². The number of carbonyl (C=O) groups is 1. The number of rotatable bonds is 12. The van der Waals surface area contributed by atoms with Gasteiger partial charge in [-0.3, -0.25) is 9.35 Å². The van der Waals surface area contributed by atoms with Gasteiger partial charge in [0, 0.05) is 46.8 Å². The molecule has 0 amide bonds. The van der Waals surface area contributed by atoms with Crippen molar-refractivity contribution < 1.29 is 22.2 Å². The molecular weight excluding hydrogens is 645 g/mol. The van der Waals surface area contributed by atoms with E-state index >= 15 is 0 Å². The summed E-state index contributed by atoms with van der Waals surface area (Å²) in [5, 5.41) is 1.14. The van der Waals surface area contributed by atoms with Crippen LogP contribution in [-0.2, 0) is 25.7 Å². The summed E-state index contributed by atoms with van der Waals surface area (Å²) in [6.45, 7) is 23.6. The molecule has 4 rings (SSSR count). The number of fused-ring (bicyclic) bond motifs is 2. The van der Waals surface area contributed by atoms with Crippen LogP contribution < -0.4 is 14.8 Å². The van der Waals surface area contributed by atoms with E-state index in [1.165, 1.54) is 11.6 Å². The van der Waals surface area contributed by atoms with Gasteiger partial charge >= 0.3 is 0 Å². The van der Waals surface area contributed by atoms with Crippen LogP contribution in [0.15, 0.2) is 81.8 Å². The SMILES string of the molecule is CC[N+](CC)=c1ccc2c(C(C)(C)C)cc(/C=C/C=C/C=C3/N(CCCCCC(=O)C(C)(C)C)c4ccc(S(=O)(=O)O)cc4C3(C)C)oc-2c1. The highest BCUT2D eigenvalue weighted by Crippen LogP contribution is 2.48. The molecule has 0 radical (unpaired) electrons. The highest BCUT2D eigenvalue weighted by molar-refractivity contribution is 7.85. The monoisotopic (exact) mass is 701 g/mol. The third-order valence-electron chi connectivity index (χ3n) is 9.73. The lowest BCUT2D eigenvalue weighted by molar-refractivity contribution is -0.126. The normalized spacial score (nSPS) is 15.9. The predicted molar refractivity (Wildman–Crippen MR) is 206 cm³/mol. The number of benzene rings is 2. The van der Waals surface area contributed by atoms with Gasteiger partial charge in [0.25, 0.3) is 10.1 Å². The zero-order chi connectivity index (χ0) is 37.1. The van der Waals surface area contributed by atoms with Crippen LogP contribution in [0.5, 0.6) is 0 Å². The topological polar surface area (TPSA) is 90.8 Å². The number of allylic oxidation sites excluding steroid dienone is 5. The van der Waals surface area contributed by atoms with E-state index in [1.54, 1.807) is 12.1 Å². The van der Waals surface area contributed by atoms with Crippen LogP contribution in [0.3, 0.4) is 0 Å². The molecule has 1 aromatic carbocycles. The Morgan fingerprint density at radius 3 is 2.24 bits per heavy atom. The molecule has 0 saturated heterocycles. The lowest BCUT2D eigenvalue weighted by atomic mass is 9.83. The average molecular weight is 702 g/mol. The van der Waals surface area contributed by atoms with Gasteiger partial charge in [0.15, 0.2) is 0 Å². The summed E-state index contributed by atoms with van der Waals surface area (Å²) in [6, 6.07) is 13.4. The van der Waals surface area contributed by atoms with Crippen LogP contribution in [0, 0.1) is 5.41 Å². The number of ketones is 1. The third-order valence-corrected chi connectivity index (χ3v) is 10.6. The van der Waals surface area contributed by atoms with Crippen molar-refractivity contribution in [2.75, 3.05) is 24.5 Å². The number of carbonyl (C=O) groups excluding carboxylic acids is 1. The number of anilines is 1. The van der Waals surface area contributed by atoms with E-state index in [1.807, 2.05) is 45.1 Å². The van der Waals surface area contributed by atoms with Gasteiger partial charge in [-0.25, -0.2) is 4.58 Å². The Morgan fingerprint density at radius 2 is 1.62 bits per heavy atom. The Morgan fingerprint density at radius 1 is 0.920 bits per heavy atom. The van der Waals surface area contributed by atoms with Crippen LogP contribution in [-0.4, -0.2) is 38.4 Å². The van der Waals surface area contributed by atoms with Crippen molar-refractivity contribution in [2.24, 2.45) is 5.41 Å². The maximum Gasteiger partial charge on any atom is 0.294 e. The number of Topliss-reactive ketones (excluding diaryl/α,β-unsaturated/α-hetero) is 1. The summed E-state index contributed by atoms with van der Waals surface area (Å²) in [5.74, 6) is 1.91. The highest BCUT2D eigenvalue weighted by atomic mass is 32.2. The van der Waals surface area contributed by atoms with Crippen molar-refractivity contribution in [3.63, 3.8) is 0 Å². The van der Waals surface area contributed by atoms with Gasteiger partial charge in [-0.2, -0.15) is 8.42 Å². The van der Waals surface area contributed by atoms with E-state index in [0.717, 1.165) is 78.3 Å². The standard InChI is InChI=1S/C42H56N2O5S/c1-11-43(12-2)30-22-24-33-34(40(3,4)5)28-31(49-37(33)27-30)19-15-13-16-20-38-42(9,10)35-29-32(50(46,47)48)23-25-36(35)44(38)26-18-14-17-21-39(45)41(6,7)8/h13,15-16,19-20,22-25,27-29H,11-12,14,17-18,21,26H2,1-10H3/p+1. The first-order valence-electron chi connectivity index (χ1n) is 17.9. The minimum absolute atomic E-state index is 0.0710. The van der Waals surface area contributed by atoms with Gasteiger partial charge < -0.3 is 9.32 Å². The molecule has 0 atom stereocenters. The summed E-state index contributed by atoms with van der Waals surface area (Å²) in [7, 11) is -4.35. The summed E-state index contributed by atoms with van der Waals surface area (Å²) >= 11 is 0. The van der Waals surface area contributed by atoms with E-state index in [0.29, 0.717) is 6.42 Å². The fourth-order valence-corrected chi connectivity index (χ4v) is 7.21. The first-order chi connectivity index (χ1) is 23.3. The molecule has 8 heteroatoms. The van der Waals surface area contributed by atoms with Crippen molar-refractivity contribution in [3.05, 3.63) is 94.7 Å². The molecule has 1 aliphatic carbocycles. The van der Waals surface area contributed by atoms with Crippen molar-refractivity contribution in [1.82, 2.24) is 4.58 Å². The molecule has 2 heterocycles. The van der Waals surface area contributed by atoms with Gasteiger partial charge in [0.2, 0.25) is 5.36 Å². The molecule has 1 aromatic rings. The smallest absolute Gasteiger partial charge is 0.294 e. The molecule has 1 N–H and O–H groups in total. The zero-order valence-corrected chi connectivity index (χ0v) is 32.6. The van der Waals surface area contributed by atoms with E-state index < -0.39 is 15.5 Å². The first-order valence-corrected chi connectivity index (χ1v) is 19.4. The van der Waals surface area contributed by atoms with Crippen molar-refractivity contribution >= 4 is 27.7 Å². The Kier molecular flexibility index (Phi) is 11.9. The zero-order valence-electron chi connectivity index (χ0n) is 31.8. The fraction of sp³-hybridized carbons (Fsp3) is 0.476. The second-order valence-corrected chi connectivity index (χ2v) is 17.3. The Balaban J connectivity index is 1.64.